The fourth-order valence-electron chi connectivity index (χ4n) is 3.82. The molecule has 0 aromatic carbocycles. The van der Waals surface area contributed by atoms with Crippen molar-refractivity contribution in [1.29, 1.82) is 0 Å². The van der Waals surface area contributed by atoms with E-state index in [0.717, 1.165) is 19.3 Å². The summed E-state index contributed by atoms with van der Waals surface area (Å²) in [5, 5.41) is 0. The average Bonchev–Trinajstić information content (AvgIpc) is 2.13. The zero-order chi connectivity index (χ0) is 10.4. The van der Waals surface area contributed by atoms with Gasteiger partial charge in [-0.2, -0.15) is 0 Å². The lowest BCUT2D eigenvalue weighted by Gasteiger charge is -2.52. The number of carbonyl (C=O) groups is 1. The molecule has 0 bridgehead atoms. The second-order valence-corrected chi connectivity index (χ2v) is 6.13. The fraction of sp³-hybridized carbons (Fsp3) is 0.923. The SMILES string of the molecule is CC1(C)CCC(=O)[C@]2(C)CCCC[C@H]12. The van der Waals surface area contributed by atoms with Crippen molar-refractivity contribution < 1.29 is 4.79 Å². The van der Waals surface area contributed by atoms with Gasteiger partial charge < -0.3 is 0 Å². The van der Waals surface area contributed by atoms with E-state index in [-0.39, 0.29) is 5.41 Å². The highest BCUT2D eigenvalue weighted by atomic mass is 16.1. The molecule has 0 aromatic heterocycles. The molecular weight excluding hydrogens is 172 g/mol. The minimum atomic E-state index is 0.0278. The van der Waals surface area contributed by atoms with E-state index in [1.165, 1.54) is 19.3 Å². The molecule has 0 heterocycles. The van der Waals surface area contributed by atoms with E-state index in [0.29, 0.717) is 17.1 Å². The van der Waals surface area contributed by atoms with Crippen LogP contribution in [0.1, 0.15) is 59.3 Å². The lowest BCUT2D eigenvalue weighted by molar-refractivity contribution is -0.144. The van der Waals surface area contributed by atoms with Gasteiger partial charge in [0.25, 0.3) is 0 Å². The normalized spacial score (nSPS) is 41.9. The van der Waals surface area contributed by atoms with Gasteiger partial charge in [-0.05, 0) is 30.6 Å². The van der Waals surface area contributed by atoms with Gasteiger partial charge in [-0.3, -0.25) is 4.79 Å². The van der Waals surface area contributed by atoms with Crippen molar-refractivity contribution in [3.05, 3.63) is 0 Å². The van der Waals surface area contributed by atoms with Crippen LogP contribution in [0.4, 0.5) is 0 Å². The summed E-state index contributed by atoms with van der Waals surface area (Å²) in [7, 11) is 0. The van der Waals surface area contributed by atoms with E-state index >= 15 is 0 Å². The topological polar surface area (TPSA) is 17.1 Å². The van der Waals surface area contributed by atoms with Crippen molar-refractivity contribution >= 4 is 5.78 Å². The fourth-order valence-corrected chi connectivity index (χ4v) is 3.82. The molecule has 0 N–H and O–H groups in total. The van der Waals surface area contributed by atoms with Crippen molar-refractivity contribution in [3.8, 4) is 0 Å². The first kappa shape index (κ1) is 10.2. The summed E-state index contributed by atoms with van der Waals surface area (Å²) < 4.78 is 0. The molecule has 0 saturated heterocycles. The third-order valence-electron chi connectivity index (χ3n) is 4.78. The summed E-state index contributed by atoms with van der Waals surface area (Å²) in [4.78, 5) is 12.0. The molecule has 0 unspecified atom stereocenters. The molecule has 2 fully saturated rings. The van der Waals surface area contributed by atoms with Crippen LogP contribution in [0.3, 0.4) is 0 Å². The third kappa shape index (κ3) is 1.32. The van der Waals surface area contributed by atoms with Crippen molar-refractivity contribution in [2.24, 2.45) is 16.7 Å². The Morgan fingerprint density at radius 3 is 2.50 bits per heavy atom. The van der Waals surface area contributed by atoms with Gasteiger partial charge in [-0.15, -0.1) is 0 Å². The molecule has 2 saturated carbocycles. The van der Waals surface area contributed by atoms with Crippen molar-refractivity contribution in [1.82, 2.24) is 0 Å². The van der Waals surface area contributed by atoms with Crippen molar-refractivity contribution in [3.63, 3.8) is 0 Å². The van der Waals surface area contributed by atoms with Gasteiger partial charge in [0.1, 0.15) is 5.78 Å². The Kier molecular flexibility index (Phi) is 2.24. The van der Waals surface area contributed by atoms with Gasteiger partial charge >= 0.3 is 0 Å². The zero-order valence-electron chi connectivity index (χ0n) is 9.73. The first-order valence-electron chi connectivity index (χ1n) is 6.00. The molecule has 2 rings (SSSR count). The molecule has 0 aliphatic heterocycles. The van der Waals surface area contributed by atoms with E-state index in [9.17, 15) is 4.79 Å². The largest absolute Gasteiger partial charge is 0.299 e. The Hall–Kier alpha value is -0.330. The Bertz CT molecular complexity index is 254. The number of hydrogen-bond donors (Lipinski definition) is 0. The summed E-state index contributed by atoms with van der Waals surface area (Å²) in [5.74, 6) is 1.19. The maximum atomic E-state index is 12.0. The molecular formula is C13H22O. The summed E-state index contributed by atoms with van der Waals surface area (Å²) in [5.41, 5.74) is 0.420. The highest BCUT2D eigenvalue weighted by Crippen LogP contribution is 2.55. The number of carbonyl (C=O) groups excluding carboxylic acids is 1. The smallest absolute Gasteiger partial charge is 0.139 e. The minimum absolute atomic E-state index is 0.0278. The van der Waals surface area contributed by atoms with Crippen LogP contribution in [0.5, 0.6) is 0 Å². The number of ketones is 1. The summed E-state index contributed by atoms with van der Waals surface area (Å²) >= 11 is 0. The van der Waals surface area contributed by atoms with Crippen molar-refractivity contribution in [2.45, 2.75) is 59.3 Å². The number of rotatable bonds is 0. The van der Waals surface area contributed by atoms with Crippen LogP contribution in [-0.2, 0) is 4.79 Å². The van der Waals surface area contributed by atoms with Crippen LogP contribution in [0, 0.1) is 16.7 Å². The molecule has 2 aliphatic carbocycles. The monoisotopic (exact) mass is 194 g/mol. The highest BCUT2D eigenvalue weighted by Gasteiger charge is 2.51. The third-order valence-corrected chi connectivity index (χ3v) is 4.78. The number of hydrogen-bond acceptors (Lipinski definition) is 1. The summed E-state index contributed by atoms with van der Waals surface area (Å²) in [6.45, 7) is 6.93. The molecule has 80 valence electrons. The highest BCUT2D eigenvalue weighted by molar-refractivity contribution is 5.85. The lowest BCUT2D eigenvalue weighted by atomic mass is 9.51. The molecule has 1 heteroatoms. The maximum Gasteiger partial charge on any atom is 0.139 e. The molecule has 1 nitrogen and oxygen atoms in total. The zero-order valence-corrected chi connectivity index (χ0v) is 9.73. The van der Waals surface area contributed by atoms with E-state index in [2.05, 4.69) is 20.8 Å². The summed E-state index contributed by atoms with van der Waals surface area (Å²) in [6.07, 6.45) is 6.92. The first-order valence-corrected chi connectivity index (χ1v) is 6.00. The molecule has 0 spiro atoms. The van der Waals surface area contributed by atoms with Crippen molar-refractivity contribution in [2.75, 3.05) is 0 Å². The van der Waals surface area contributed by atoms with E-state index in [1.54, 1.807) is 0 Å². The van der Waals surface area contributed by atoms with Crippen LogP contribution < -0.4 is 0 Å². The van der Waals surface area contributed by atoms with Gasteiger partial charge in [0.15, 0.2) is 0 Å². The van der Waals surface area contributed by atoms with Crippen LogP contribution in [0.15, 0.2) is 0 Å². The second kappa shape index (κ2) is 3.08. The van der Waals surface area contributed by atoms with Crippen LogP contribution in [0.25, 0.3) is 0 Å². The first-order chi connectivity index (χ1) is 6.47. The van der Waals surface area contributed by atoms with Gasteiger partial charge in [-0.1, -0.05) is 33.6 Å². The minimum Gasteiger partial charge on any atom is -0.299 e. The Morgan fingerprint density at radius 1 is 1.14 bits per heavy atom. The van der Waals surface area contributed by atoms with Gasteiger partial charge in [-0.25, -0.2) is 0 Å². The molecule has 0 radical (unpaired) electrons. The standard InChI is InChI=1S/C13H22O/c1-12(2)9-7-11(14)13(3)8-5-4-6-10(12)13/h10H,4-9H2,1-3H3/t10-,13-/m1/s1. The van der Waals surface area contributed by atoms with Gasteiger partial charge in [0.05, 0.1) is 0 Å². The van der Waals surface area contributed by atoms with Crippen LogP contribution in [0.2, 0.25) is 0 Å². The van der Waals surface area contributed by atoms with Gasteiger partial charge in [0, 0.05) is 11.8 Å². The van der Waals surface area contributed by atoms with E-state index < -0.39 is 0 Å². The second-order valence-electron chi connectivity index (χ2n) is 6.13. The van der Waals surface area contributed by atoms with E-state index in [4.69, 9.17) is 0 Å². The van der Waals surface area contributed by atoms with Crippen LogP contribution >= 0.6 is 0 Å². The predicted octanol–water partition coefficient (Wildman–Crippen LogP) is 3.57. The quantitative estimate of drug-likeness (QED) is 0.576. The number of Topliss-reactive ketones (excluding diaryl/α,β-unsaturated/α-hetero) is 1. The van der Waals surface area contributed by atoms with Crippen LogP contribution in [-0.4, -0.2) is 5.78 Å². The molecule has 2 atom stereocenters. The molecule has 14 heavy (non-hydrogen) atoms. The Balaban J connectivity index is 2.32. The van der Waals surface area contributed by atoms with E-state index in [1.807, 2.05) is 0 Å². The lowest BCUT2D eigenvalue weighted by Crippen LogP contribution is -2.49. The molecule has 0 aromatic rings. The Morgan fingerprint density at radius 2 is 1.86 bits per heavy atom. The predicted molar refractivity (Wildman–Crippen MR) is 58.1 cm³/mol. The molecule has 2 aliphatic rings. The number of fused-ring (bicyclic) bond motifs is 1. The summed E-state index contributed by atoms with van der Waals surface area (Å²) in [6, 6.07) is 0. The maximum absolute atomic E-state index is 12.0. The van der Waals surface area contributed by atoms with Gasteiger partial charge in [0.2, 0.25) is 0 Å². The molecule has 0 amide bonds. The average molecular weight is 194 g/mol. The Labute approximate surface area is 87.3 Å².